The Morgan fingerprint density at radius 3 is 2.26 bits per heavy atom. The molecule has 1 atom stereocenters. The molecule has 1 N–H and O–H groups in total. The fourth-order valence-electron chi connectivity index (χ4n) is 4.73. The van der Waals surface area contributed by atoms with Crippen molar-refractivity contribution in [2.24, 2.45) is 0 Å². The summed E-state index contributed by atoms with van der Waals surface area (Å²) in [5.41, 5.74) is 1.86. The summed E-state index contributed by atoms with van der Waals surface area (Å²) in [5.74, 6) is -0.772. The molecule has 7 nitrogen and oxygen atoms in total. The van der Waals surface area contributed by atoms with Crippen LogP contribution < -0.4 is 9.62 Å². The maximum Gasteiger partial charge on any atom is 0.244 e. The normalized spacial score (nSPS) is 15.1. The van der Waals surface area contributed by atoms with Crippen LogP contribution >= 0.6 is 34.8 Å². The summed E-state index contributed by atoms with van der Waals surface area (Å²) < 4.78 is 26.6. The predicted octanol–water partition coefficient (Wildman–Crippen LogP) is 5.98. The van der Waals surface area contributed by atoms with Crippen molar-refractivity contribution in [1.82, 2.24) is 10.2 Å². The molecule has 0 spiro atoms. The van der Waals surface area contributed by atoms with E-state index in [-0.39, 0.29) is 39.2 Å². The van der Waals surface area contributed by atoms with Gasteiger partial charge in [-0.1, -0.05) is 85.3 Å². The lowest BCUT2D eigenvalue weighted by Crippen LogP contribution is -2.54. The Hall–Kier alpha value is -2.00. The lowest BCUT2D eigenvalue weighted by atomic mass is 9.95. The van der Waals surface area contributed by atoms with Crippen LogP contribution in [0.1, 0.15) is 56.6 Å². The number of anilines is 1. The van der Waals surface area contributed by atoms with E-state index in [2.05, 4.69) is 5.32 Å². The van der Waals surface area contributed by atoms with E-state index in [4.69, 9.17) is 34.8 Å². The van der Waals surface area contributed by atoms with Crippen molar-refractivity contribution in [3.63, 3.8) is 0 Å². The monoisotopic (exact) mass is 601 g/mol. The van der Waals surface area contributed by atoms with Gasteiger partial charge in [0.2, 0.25) is 21.8 Å². The molecule has 1 fully saturated rings. The van der Waals surface area contributed by atoms with Gasteiger partial charge in [0.25, 0.3) is 0 Å². The number of nitrogens with one attached hydrogen (secondary N) is 1. The van der Waals surface area contributed by atoms with Gasteiger partial charge in [-0.3, -0.25) is 13.9 Å². The molecule has 0 saturated heterocycles. The van der Waals surface area contributed by atoms with Crippen LogP contribution in [-0.2, 0) is 26.2 Å². The summed E-state index contributed by atoms with van der Waals surface area (Å²) >= 11 is 18.5. The van der Waals surface area contributed by atoms with Gasteiger partial charge in [0.15, 0.2) is 0 Å². The molecule has 1 aliphatic rings. The first-order valence-electron chi connectivity index (χ1n) is 12.7. The minimum atomic E-state index is -3.96. The number of rotatable bonds is 10. The van der Waals surface area contributed by atoms with Crippen molar-refractivity contribution in [1.29, 1.82) is 0 Å². The van der Waals surface area contributed by atoms with Crippen molar-refractivity contribution < 1.29 is 18.0 Å². The van der Waals surface area contributed by atoms with Crippen molar-refractivity contribution in [3.8, 4) is 0 Å². The molecular formula is C27H34Cl3N3O4S. The molecule has 0 aliphatic heterocycles. The minimum absolute atomic E-state index is 0.0326. The Morgan fingerprint density at radius 1 is 1.03 bits per heavy atom. The molecular weight excluding hydrogens is 569 g/mol. The van der Waals surface area contributed by atoms with E-state index in [1.807, 2.05) is 38.1 Å². The number of hydrogen-bond acceptors (Lipinski definition) is 4. The van der Waals surface area contributed by atoms with E-state index in [1.165, 1.54) is 17.0 Å². The first-order valence-corrected chi connectivity index (χ1v) is 15.7. The third-order valence-electron chi connectivity index (χ3n) is 6.88. The van der Waals surface area contributed by atoms with Crippen LogP contribution in [0, 0.1) is 6.92 Å². The topological polar surface area (TPSA) is 86.8 Å². The molecule has 3 rings (SSSR count). The number of benzene rings is 2. The molecule has 2 aromatic rings. The van der Waals surface area contributed by atoms with Crippen LogP contribution in [0.5, 0.6) is 0 Å². The van der Waals surface area contributed by atoms with Crippen LogP contribution in [0.25, 0.3) is 0 Å². The zero-order valence-electron chi connectivity index (χ0n) is 21.8. The summed E-state index contributed by atoms with van der Waals surface area (Å²) in [6, 6.07) is 9.53. The molecule has 0 unspecified atom stereocenters. The quantitative estimate of drug-likeness (QED) is 0.339. The smallest absolute Gasteiger partial charge is 0.244 e. The standard InChI is InChI=1S/C27H34Cl3N3O4S/c1-4-24(27(35)31-20-12-6-5-7-13-20)32(16-19-11-9-8-10-18(19)2)26(34)17-33(38(3,36)37)25-15-22(29)21(28)14-23(25)30/h8-11,14-15,20,24H,4-7,12-13,16-17H2,1-3H3,(H,31,35)/t24-/m0/s1. The highest BCUT2D eigenvalue weighted by atomic mass is 35.5. The number of halogens is 3. The molecule has 2 aromatic carbocycles. The SMILES string of the molecule is CC[C@@H](C(=O)NC1CCCCC1)N(Cc1ccccc1C)C(=O)CN(c1cc(Cl)c(Cl)cc1Cl)S(C)(=O)=O. The van der Waals surface area contributed by atoms with Gasteiger partial charge >= 0.3 is 0 Å². The van der Waals surface area contributed by atoms with Crippen LogP contribution in [0.15, 0.2) is 36.4 Å². The van der Waals surface area contributed by atoms with Crippen molar-refractivity contribution >= 4 is 62.3 Å². The van der Waals surface area contributed by atoms with Crippen LogP contribution in [0.2, 0.25) is 15.1 Å². The highest BCUT2D eigenvalue weighted by Crippen LogP contribution is 2.35. The largest absolute Gasteiger partial charge is 0.352 e. The summed E-state index contributed by atoms with van der Waals surface area (Å²) in [7, 11) is -3.96. The van der Waals surface area contributed by atoms with Gasteiger partial charge < -0.3 is 10.2 Å². The zero-order valence-corrected chi connectivity index (χ0v) is 24.9. The van der Waals surface area contributed by atoms with Gasteiger partial charge in [-0.2, -0.15) is 0 Å². The average molecular weight is 603 g/mol. The van der Waals surface area contributed by atoms with Gasteiger partial charge in [0.1, 0.15) is 12.6 Å². The fraction of sp³-hybridized carbons (Fsp3) is 0.481. The third-order valence-corrected chi connectivity index (χ3v) is 9.03. The molecule has 1 saturated carbocycles. The van der Waals surface area contributed by atoms with E-state index >= 15 is 0 Å². The molecule has 0 heterocycles. The molecule has 1 aliphatic carbocycles. The van der Waals surface area contributed by atoms with Crippen molar-refractivity contribution in [2.45, 2.75) is 71.0 Å². The lowest BCUT2D eigenvalue weighted by Gasteiger charge is -2.34. The summed E-state index contributed by atoms with van der Waals surface area (Å²) in [5, 5.41) is 3.42. The minimum Gasteiger partial charge on any atom is -0.352 e. The van der Waals surface area contributed by atoms with Gasteiger partial charge in [-0.15, -0.1) is 0 Å². The summed E-state index contributed by atoms with van der Waals surface area (Å²) in [6.07, 6.45) is 6.43. The van der Waals surface area contributed by atoms with E-state index in [0.717, 1.165) is 53.8 Å². The fourth-order valence-corrected chi connectivity index (χ4v) is 6.28. The van der Waals surface area contributed by atoms with E-state index in [0.29, 0.717) is 6.42 Å². The maximum absolute atomic E-state index is 13.9. The summed E-state index contributed by atoms with van der Waals surface area (Å²) in [6.45, 7) is 3.36. The highest BCUT2D eigenvalue weighted by Gasteiger charge is 2.33. The van der Waals surface area contributed by atoms with E-state index in [1.54, 1.807) is 0 Å². The van der Waals surface area contributed by atoms with Gasteiger partial charge in [-0.25, -0.2) is 8.42 Å². The Balaban J connectivity index is 1.97. The zero-order chi connectivity index (χ0) is 28.0. The van der Waals surface area contributed by atoms with Crippen molar-refractivity contribution in [2.75, 3.05) is 17.1 Å². The van der Waals surface area contributed by atoms with Gasteiger partial charge in [0, 0.05) is 12.6 Å². The summed E-state index contributed by atoms with van der Waals surface area (Å²) in [4.78, 5) is 28.8. The first kappa shape index (κ1) is 30.5. The molecule has 0 radical (unpaired) electrons. The molecule has 2 amide bonds. The third kappa shape index (κ3) is 7.78. The van der Waals surface area contributed by atoms with Gasteiger partial charge in [0.05, 0.1) is 27.0 Å². The van der Waals surface area contributed by atoms with Crippen LogP contribution in [-0.4, -0.2) is 50.0 Å². The molecule has 38 heavy (non-hydrogen) atoms. The number of hydrogen-bond donors (Lipinski definition) is 1. The lowest BCUT2D eigenvalue weighted by molar-refractivity contribution is -0.140. The number of aryl methyl sites for hydroxylation is 1. The highest BCUT2D eigenvalue weighted by molar-refractivity contribution is 7.92. The van der Waals surface area contributed by atoms with Gasteiger partial charge in [-0.05, 0) is 49.4 Å². The number of sulfonamides is 1. The number of carbonyl (C=O) groups excluding carboxylic acids is 2. The van der Waals surface area contributed by atoms with Crippen LogP contribution in [0.4, 0.5) is 5.69 Å². The number of carbonyl (C=O) groups is 2. The van der Waals surface area contributed by atoms with Crippen LogP contribution in [0.3, 0.4) is 0 Å². The average Bonchev–Trinajstić information content (AvgIpc) is 2.86. The molecule has 208 valence electrons. The number of amides is 2. The second kappa shape index (κ2) is 13.4. The maximum atomic E-state index is 13.9. The van der Waals surface area contributed by atoms with E-state index in [9.17, 15) is 18.0 Å². The Labute approximate surface area is 240 Å². The van der Waals surface area contributed by atoms with Crippen molar-refractivity contribution in [3.05, 3.63) is 62.6 Å². The van der Waals surface area contributed by atoms with E-state index < -0.39 is 28.5 Å². The molecule has 0 aromatic heterocycles. The molecule has 0 bridgehead atoms. The Bertz CT molecular complexity index is 1270. The second-order valence-corrected chi connectivity index (χ2v) is 12.8. The Kier molecular flexibility index (Phi) is 10.7. The Morgan fingerprint density at radius 2 is 1.66 bits per heavy atom. The molecule has 11 heteroatoms. The predicted molar refractivity (Wildman–Crippen MR) is 154 cm³/mol. The number of nitrogens with zero attached hydrogens (tertiary/aromatic N) is 2. The second-order valence-electron chi connectivity index (χ2n) is 9.70. The first-order chi connectivity index (χ1) is 17.9.